The number of nitrogens with zero attached hydrogens (tertiary/aromatic N) is 2. The molecule has 1 fully saturated rings. The lowest BCUT2D eigenvalue weighted by Crippen LogP contribution is -2.34. The van der Waals surface area contributed by atoms with Gasteiger partial charge >= 0.3 is 0 Å². The molecule has 2 amide bonds. The predicted molar refractivity (Wildman–Crippen MR) is 101 cm³/mol. The van der Waals surface area contributed by atoms with Gasteiger partial charge in [-0.15, -0.1) is 0 Å². The first-order valence-corrected chi connectivity index (χ1v) is 9.11. The van der Waals surface area contributed by atoms with E-state index in [1.165, 1.54) is 0 Å². The second-order valence-electron chi connectivity index (χ2n) is 6.91. The maximum atomic E-state index is 12.8. The van der Waals surface area contributed by atoms with Crippen LogP contribution >= 0.6 is 0 Å². The maximum absolute atomic E-state index is 12.8. The van der Waals surface area contributed by atoms with Gasteiger partial charge in [-0.1, -0.05) is 30.3 Å². The summed E-state index contributed by atoms with van der Waals surface area (Å²) in [7, 11) is 1.78. The van der Waals surface area contributed by atoms with E-state index in [9.17, 15) is 9.59 Å². The molecule has 0 aliphatic carbocycles. The molecule has 0 radical (unpaired) electrons. The highest BCUT2D eigenvalue weighted by molar-refractivity contribution is 6.00. The number of carbonyl (C=O) groups excluding carboxylic acids is 2. The van der Waals surface area contributed by atoms with E-state index in [1.54, 1.807) is 16.8 Å². The topological polar surface area (TPSA) is 59.1 Å². The van der Waals surface area contributed by atoms with Gasteiger partial charge in [-0.2, -0.15) is 0 Å². The van der Waals surface area contributed by atoms with Crippen LogP contribution in [-0.4, -0.2) is 43.5 Å². The number of ether oxygens (including phenoxy) is 2. The molecule has 140 valence electrons. The van der Waals surface area contributed by atoms with Gasteiger partial charge < -0.3 is 19.3 Å². The van der Waals surface area contributed by atoms with Crippen LogP contribution in [0.3, 0.4) is 0 Å². The molecule has 6 nitrogen and oxygen atoms in total. The highest BCUT2D eigenvalue weighted by Crippen LogP contribution is 2.36. The lowest BCUT2D eigenvalue weighted by molar-refractivity contribution is -0.135. The zero-order chi connectivity index (χ0) is 18.8. The first-order chi connectivity index (χ1) is 13.1. The van der Waals surface area contributed by atoms with Gasteiger partial charge in [-0.05, 0) is 17.7 Å². The Hall–Kier alpha value is -3.02. The molecule has 2 aromatic carbocycles. The molecule has 27 heavy (non-hydrogen) atoms. The lowest BCUT2D eigenvalue weighted by Gasteiger charge is -2.23. The van der Waals surface area contributed by atoms with Gasteiger partial charge in [0.05, 0.1) is 5.92 Å². The molecule has 2 aliphatic heterocycles. The van der Waals surface area contributed by atoms with E-state index >= 15 is 0 Å². The number of amides is 2. The van der Waals surface area contributed by atoms with Crippen LogP contribution in [0, 0.1) is 5.92 Å². The normalized spacial score (nSPS) is 18.5. The Morgan fingerprint density at radius 2 is 1.85 bits per heavy atom. The van der Waals surface area contributed by atoms with Crippen LogP contribution in [-0.2, 0) is 16.1 Å². The van der Waals surface area contributed by atoms with Crippen molar-refractivity contribution in [2.45, 2.75) is 13.0 Å². The van der Waals surface area contributed by atoms with Crippen molar-refractivity contribution in [3.8, 4) is 11.5 Å². The molecule has 0 bridgehead atoms. The Labute approximate surface area is 158 Å². The number of rotatable bonds is 4. The Morgan fingerprint density at radius 1 is 1.11 bits per heavy atom. The van der Waals surface area contributed by atoms with Crippen LogP contribution in [0.25, 0.3) is 0 Å². The van der Waals surface area contributed by atoms with Crippen molar-refractivity contribution in [3.05, 3.63) is 54.1 Å². The molecule has 6 heteroatoms. The summed E-state index contributed by atoms with van der Waals surface area (Å²) in [5.74, 6) is 0.944. The summed E-state index contributed by atoms with van der Waals surface area (Å²) >= 11 is 0. The Kier molecular flexibility index (Phi) is 4.71. The van der Waals surface area contributed by atoms with Crippen LogP contribution < -0.4 is 14.4 Å². The Bertz CT molecular complexity index is 853. The third kappa shape index (κ3) is 3.60. The minimum Gasteiger partial charge on any atom is -0.486 e. The molecule has 2 heterocycles. The number of hydrogen-bond donors (Lipinski definition) is 0. The van der Waals surface area contributed by atoms with Crippen LogP contribution in [0.5, 0.6) is 11.5 Å². The van der Waals surface area contributed by atoms with Crippen LogP contribution in [0.1, 0.15) is 12.0 Å². The molecule has 1 atom stereocenters. The first-order valence-electron chi connectivity index (χ1n) is 9.11. The van der Waals surface area contributed by atoms with E-state index in [2.05, 4.69) is 0 Å². The van der Waals surface area contributed by atoms with Gasteiger partial charge in [-0.3, -0.25) is 9.59 Å². The van der Waals surface area contributed by atoms with Gasteiger partial charge in [-0.25, -0.2) is 0 Å². The number of benzene rings is 2. The molecule has 0 saturated carbocycles. The van der Waals surface area contributed by atoms with Gasteiger partial charge in [0.1, 0.15) is 13.2 Å². The van der Waals surface area contributed by atoms with Crippen molar-refractivity contribution in [1.82, 2.24) is 4.90 Å². The highest BCUT2D eigenvalue weighted by Gasteiger charge is 2.36. The fourth-order valence-electron chi connectivity index (χ4n) is 3.57. The molecular formula is C21H22N2O4. The molecule has 0 aromatic heterocycles. The van der Waals surface area contributed by atoms with Crippen molar-refractivity contribution in [2.24, 2.45) is 5.92 Å². The van der Waals surface area contributed by atoms with Gasteiger partial charge in [0, 0.05) is 38.3 Å². The summed E-state index contributed by atoms with van der Waals surface area (Å²) in [6.07, 6.45) is 0.229. The third-order valence-corrected chi connectivity index (χ3v) is 4.95. The summed E-state index contributed by atoms with van der Waals surface area (Å²) < 4.78 is 11.1. The molecular weight excluding hydrogens is 344 g/mol. The minimum absolute atomic E-state index is 0.00718. The van der Waals surface area contributed by atoms with Gasteiger partial charge in [0.25, 0.3) is 0 Å². The Morgan fingerprint density at radius 3 is 2.63 bits per heavy atom. The summed E-state index contributed by atoms with van der Waals surface area (Å²) in [5, 5.41) is 0. The van der Waals surface area contributed by atoms with E-state index in [4.69, 9.17) is 9.47 Å². The van der Waals surface area contributed by atoms with E-state index < -0.39 is 0 Å². The average Bonchev–Trinajstić information content (AvgIpc) is 3.09. The summed E-state index contributed by atoms with van der Waals surface area (Å²) in [6, 6.07) is 15.3. The van der Waals surface area contributed by atoms with E-state index in [-0.39, 0.29) is 24.2 Å². The number of carbonyl (C=O) groups is 2. The summed E-state index contributed by atoms with van der Waals surface area (Å²) in [4.78, 5) is 28.7. The third-order valence-electron chi connectivity index (χ3n) is 4.95. The standard InChI is InChI=1S/C21H22N2O4/c1-22(13-15-5-3-2-4-6-15)21(25)16-11-20(24)23(14-16)17-7-8-18-19(12-17)27-10-9-26-18/h2-8,12,16H,9-11,13-14H2,1H3. The van der Waals surface area contributed by atoms with Crippen molar-refractivity contribution in [2.75, 3.05) is 31.7 Å². The monoisotopic (exact) mass is 366 g/mol. The summed E-state index contributed by atoms with van der Waals surface area (Å²) in [5.41, 5.74) is 1.81. The van der Waals surface area contributed by atoms with E-state index in [0.29, 0.717) is 37.8 Å². The zero-order valence-corrected chi connectivity index (χ0v) is 15.3. The van der Waals surface area contributed by atoms with Crippen molar-refractivity contribution in [1.29, 1.82) is 0 Å². The fourth-order valence-corrected chi connectivity index (χ4v) is 3.57. The minimum atomic E-state index is -0.334. The molecule has 2 aromatic rings. The zero-order valence-electron chi connectivity index (χ0n) is 15.3. The maximum Gasteiger partial charge on any atom is 0.228 e. The van der Waals surface area contributed by atoms with Crippen molar-refractivity contribution in [3.63, 3.8) is 0 Å². The summed E-state index contributed by atoms with van der Waals surface area (Å²) in [6.45, 7) is 1.94. The smallest absolute Gasteiger partial charge is 0.228 e. The fraction of sp³-hybridized carbons (Fsp3) is 0.333. The number of fused-ring (bicyclic) bond motifs is 1. The first kappa shape index (κ1) is 17.4. The molecule has 1 saturated heterocycles. The van der Waals surface area contributed by atoms with Crippen molar-refractivity contribution < 1.29 is 19.1 Å². The SMILES string of the molecule is CN(Cc1ccccc1)C(=O)C1CC(=O)N(c2ccc3c(c2)OCCO3)C1. The molecule has 0 spiro atoms. The van der Waals surface area contributed by atoms with E-state index in [0.717, 1.165) is 11.3 Å². The van der Waals surface area contributed by atoms with Gasteiger partial charge in [0.2, 0.25) is 11.8 Å². The van der Waals surface area contributed by atoms with Crippen LogP contribution in [0.4, 0.5) is 5.69 Å². The van der Waals surface area contributed by atoms with E-state index in [1.807, 2.05) is 48.5 Å². The lowest BCUT2D eigenvalue weighted by atomic mass is 10.1. The second kappa shape index (κ2) is 7.31. The molecule has 4 rings (SSSR count). The average molecular weight is 366 g/mol. The van der Waals surface area contributed by atoms with Crippen molar-refractivity contribution >= 4 is 17.5 Å². The number of hydrogen-bond acceptors (Lipinski definition) is 4. The molecule has 1 unspecified atom stereocenters. The van der Waals surface area contributed by atoms with Crippen LogP contribution in [0.15, 0.2) is 48.5 Å². The second-order valence-corrected chi connectivity index (χ2v) is 6.91. The predicted octanol–water partition coefficient (Wildman–Crippen LogP) is 2.47. The van der Waals surface area contributed by atoms with Crippen LogP contribution in [0.2, 0.25) is 0 Å². The largest absolute Gasteiger partial charge is 0.486 e. The highest BCUT2D eigenvalue weighted by atomic mass is 16.6. The molecule has 2 aliphatic rings. The quantitative estimate of drug-likeness (QED) is 0.834. The number of anilines is 1. The van der Waals surface area contributed by atoms with Gasteiger partial charge in [0.15, 0.2) is 11.5 Å². The molecule has 0 N–H and O–H groups in total. The Balaban J connectivity index is 1.45.